The van der Waals surface area contributed by atoms with E-state index in [0.717, 1.165) is 6.07 Å². The molecule has 0 heterocycles. The summed E-state index contributed by atoms with van der Waals surface area (Å²) in [5.41, 5.74) is 1.93. The number of sulfone groups is 1. The average molecular weight is 419 g/mol. The number of anilines is 1. The van der Waals surface area contributed by atoms with Crippen LogP contribution in [-0.4, -0.2) is 53.3 Å². The Labute approximate surface area is 145 Å². The van der Waals surface area contributed by atoms with Gasteiger partial charge in [-0.2, -0.15) is 16.8 Å². The second-order valence-electron chi connectivity index (χ2n) is 4.63. The molecule has 0 bridgehead atoms. The highest BCUT2D eigenvalue weighted by Crippen LogP contribution is 2.29. The zero-order valence-electron chi connectivity index (χ0n) is 12.9. The molecule has 0 aliphatic heterocycles. The zero-order chi connectivity index (χ0) is 19.3. The van der Waals surface area contributed by atoms with E-state index in [0.29, 0.717) is 6.42 Å². The maximum Gasteiger partial charge on any atom is 0.397 e. The first-order chi connectivity index (χ1) is 11.4. The molecule has 0 unspecified atom stereocenters. The number of nitrogens with one attached hydrogen (secondary N) is 1. The van der Waals surface area contributed by atoms with E-state index in [1.165, 1.54) is 12.1 Å². The van der Waals surface area contributed by atoms with Gasteiger partial charge in [-0.1, -0.05) is 13.0 Å². The van der Waals surface area contributed by atoms with Gasteiger partial charge in [0.15, 0.2) is 9.84 Å². The lowest BCUT2D eigenvalue weighted by molar-refractivity contribution is 0.193. The third-order valence-corrected chi connectivity index (χ3v) is 5.91. The molecule has 0 fully saturated rings. The molecule has 14 heteroatoms. The van der Waals surface area contributed by atoms with Crippen LogP contribution < -0.4 is 5.48 Å². The fourth-order valence-electron chi connectivity index (χ4n) is 1.70. The largest absolute Gasteiger partial charge is 0.397 e. The number of rotatable bonds is 10. The zero-order valence-corrected chi connectivity index (χ0v) is 15.4. The van der Waals surface area contributed by atoms with E-state index in [2.05, 4.69) is 9.66 Å². The van der Waals surface area contributed by atoms with Gasteiger partial charge in [-0.15, -0.1) is 0 Å². The molecule has 1 aromatic rings. The molecule has 0 saturated heterocycles. The van der Waals surface area contributed by atoms with Crippen molar-refractivity contribution in [2.45, 2.75) is 23.1 Å². The third-order valence-electron chi connectivity index (χ3n) is 2.64. The van der Waals surface area contributed by atoms with Crippen LogP contribution in [0.3, 0.4) is 0 Å². The van der Waals surface area contributed by atoms with Crippen LogP contribution in [0, 0.1) is 0 Å². The topological polar surface area (TPSA) is 173 Å². The van der Waals surface area contributed by atoms with Gasteiger partial charge in [0.2, 0.25) is 0 Å². The van der Waals surface area contributed by atoms with Crippen molar-refractivity contribution < 1.29 is 43.4 Å². The fraction of sp³-hybridized carbons (Fsp3) is 0.455. The Morgan fingerprint density at radius 1 is 1.04 bits per heavy atom. The lowest BCUT2D eigenvalue weighted by atomic mass is 10.3. The van der Waals surface area contributed by atoms with Crippen molar-refractivity contribution in [3.8, 4) is 0 Å². The van der Waals surface area contributed by atoms with Crippen molar-refractivity contribution in [1.29, 1.82) is 0 Å². The van der Waals surface area contributed by atoms with E-state index in [-0.39, 0.29) is 12.3 Å². The first kappa shape index (κ1) is 21.8. The van der Waals surface area contributed by atoms with Gasteiger partial charge in [0.25, 0.3) is 10.1 Å². The molecule has 0 aromatic heterocycles. The molecule has 144 valence electrons. The summed E-state index contributed by atoms with van der Waals surface area (Å²) in [5.74, 6) is -0.964. The monoisotopic (exact) mass is 419 g/mol. The summed E-state index contributed by atoms with van der Waals surface area (Å²) < 4.78 is 90.4. The van der Waals surface area contributed by atoms with E-state index in [1.54, 1.807) is 6.92 Å². The van der Waals surface area contributed by atoms with E-state index in [9.17, 15) is 29.8 Å². The first-order valence-electron chi connectivity index (χ1n) is 6.71. The quantitative estimate of drug-likeness (QED) is 0.270. The van der Waals surface area contributed by atoms with E-state index < -0.39 is 52.5 Å². The number of hydrogen-bond donors (Lipinski definition) is 3. The minimum Gasteiger partial charge on any atom is -0.282 e. The second-order valence-corrected chi connectivity index (χ2v) is 9.15. The molecule has 0 aliphatic rings. The average Bonchev–Trinajstić information content (AvgIpc) is 2.44. The summed E-state index contributed by atoms with van der Waals surface area (Å²) in [6.07, 6.45) is 0.583. The van der Waals surface area contributed by atoms with Gasteiger partial charge in [-0.05, 0) is 18.6 Å². The standard InChI is InChI=1S/C11H17NO10S3/c1-2-6-21-12-9-4-3-5-10(11(9)24(15,16)17)23(13,14)8-7-22-25(18,19)20/h3-5,12H,2,6-8H2,1H3,(H,15,16,17)(H,18,19,20). The molecule has 0 amide bonds. The highest BCUT2D eigenvalue weighted by atomic mass is 32.3. The van der Waals surface area contributed by atoms with Crippen molar-refractivity contribution >= 4 is 36.0 Å². The van der Waals surface area contributed by atoms with Crippen molar-refractivity contribution in [3.05, 3.63) is 18.2 Å². The summed E-state index contributed by atoms with van der Waals surface area (Å²) in [6, 6.07) is 3.28. The Hall–Kier alpha value is -1.29. The Balaban J connectivity index is 3.27. The molecule has 25 heavy (non-hydrogen) atoms. The van der Waals surface area contributed by atoms with Crippen molar-refractivity contribution in [2.75, 3.05) is 24.4 Å². The van der Waals surface area contributed by atoms with Crippen LogP contribution in [0.1, 0.15) is 13.3 Å². The Kier molecular flexibility index (Phi) is 7.30. The van der Waals surface area contributed by atoms with Crippen molar-refractivity contribution in [1.82, 2.24) is 0 Å². The molecule has 3 N–H and O–H groups in total. The molecular formula is C11H17NO10S3. The molecule has 0 aliphatic carbocycles. The van der Waals surface area contributed by atoms with Gasteiger partial charge in [0, 0.05) is 0 Å². The molecule has 0 spiro atoms. The van der Waals surface area contributed by atoms with Crippen LogP contribution in [0.2, 0.25) is 0 Å². The molecule has 1 rings (SSSR count). The van der Waals surface area contributed by atoms with E-state index in [4.69, 9.17) is 9.39 Å². The van der Waals surface area contributed by atoms with Gasteiger partial charge >= 0.3 is 10.4 Å². The van der Waals surface area contributed by atoms with Gasteiger partial charge < -0.3 is 0 Å². The number of benzene rings is 1. The Morgan fingerprint density at radius 3 is 2.20 bits per heavy atom. The molecular weight excluding hydrogens is 402 g/mol. The molecule has 11 nitrogen and oxygen atoms in total. The molecule has 1 aromatic carbocycles. The van der Waals surface area contributed by atoms with Gasteiger partial charge in [-0.25, -0.2) is 12.6 Å². The minimum atomic E-state index is -4.97. The SMILES string of the molecule is CCCONc1cccc(S(=O)(=O)CCOS(=O)(=O)O)c1S(=O)(=O)O. The minimum absolute atomic E-state index is 0.185. The first-order valence-corrected chi connectivity index (χ1v) is 11.2. The predicted molar refractivity (Wildman–Crippen MR) is 85.7 cm³/mol. The molecule has 0 radical (unpaired) electrons. The maximum atomic E-state index is 12.3. The van der Waals surface area contributed by atoms with E-state index >= 15 is 0 Å². The summed E-state index contributed by atoms with van der Waals surface area (Å²) in [7, 11) is -14.2. The van der Waals surface area contributed by atoms with Gasteiger partial charge in [0.05, 0.1) is 29.5 Å². The van der Waals surface area contributed by atoms with Gasteiger partial charge in [0.1, 0.15) is 4.90 Å². The second kappa shape index (κ2) is 8.39. The van der Waals surface area contributed by atoms with Crippen LogP contribution in [-0.2, 0) is 39.4 Å². The van der Waals surface area contributed by atoms with Crippen LogP contribution in [0.4, 0.5) is 5.69 Å². The molecule has 0 atom stereocenters. The highest BCUT2D eigenvalue weighted by Gasteiger charge is 2.29. The summed E-state index contributed by atoms with van der Waals surface area (Å²) in [5, 5.41) is 0. The lowest BCUT2D eigenvalue weighted by Crippen LogP contribution is -2.19. The van der Waals surface area contributed by atoms with Gasteiger partial charge in [-0.3, -0.25) is 19.4 Å². The van der Waals surface area contributed by atoms with Crippen LogP contribution in [0.15, 0.2) is 28.0 Å². The van der Waals surface area contributed by atoms with Crippen molar-refractivity contribution in [3.63, 3.8) is 0 Å². The third kappa shape index (κ3) is 6.85. The van der Waals surface area contributed by atoms with Crippen LogP contribution in [0.5, 0.6) is 0 Å². The Bertz CT molecular complexity index is 905. The molecule has 0 saturated carbocycles. The smallest absolute Gasteiger partial charge is 0.282 e. The van der Waals surface area contributed by atoms with Crippen LogP contribution in [0.25, 0.3) is 0 Å². The highest BCUT2D eigenvalue weighted by molar-refractivity contribution is 7.93. The summed E-state index contributed by atoms with van der Waals surface area (Å²) >= 11 is 0. The van der Waals surface area contributed by atoms with Crippen LogP contribution >= 0.6 is 0 Å². The predicted octanol–water partition coefficient (Wildman–Crippen LogP) is 0.280. The maximum absolute atomic E-state index is 12.3. The van der Waals surface area contributed by atoms with E-state index in [1.807, 2.05) is 0 Å². The lowest BCUT2D eigenvalue weighted by Gasteiger charge is -2.14. The summed E-state index contributed by atoms with van der Waals surface area (Å²) in [4.78, 5) is 3.22. The van der Waals surface area contributed by atoms with Crippen molar-refractivity contribution in [2.24, 2.45) is 0 Å². The Morgan fingerprint density at radius 2 is 1.68 bits per heavy atom. The fourth-order valence-corrected chi connectivity index (χ4v) is 4.70. The number of hydrogen-bond acceptors (Lipinski definition) is 9. The summed E-state index contributed by atoms with van der Waals surface area (Å²) in [6.45, 7) is 1.02. The normalized spacial score (nSPS) is 12.9.